The molecule has 138 valence electrons. The molecule has 2 saturated heterocycles. The normalized spacial score (nSPS) is 21.5. The van der Waals surface area contributed by atoms with Crippen LogP contribution >= 0.6 is 0 Å². The van der Waals surface area contributed by atoms with E-state index < -0.39 is 0 Å². The first-order chi connectivity index (χ1) is 12.6. The van der Waals surface area contributed by atoms with Crippen LogP contribution in [0.3, 0.4) is 0 Å². The minimum absolute atomic E-state index is 0.0165. The smallest absolute Gasteiger partial charge is 0.246 e. The molecule has 0 N–H and O–H groups in total. The van der Waals surface area contributed by atoms with Crippen LogP contribution in [0.4, 0.5) is 5.69 Å². The Hall–Kier alpha value is -2.39. The summed E-state index contributed by atoms with van der Waals surface area (Å²) in [6.45, 7) is 5.54. The predicted octanol–water partition coefficient (Wildman–Crippen LogP) is 2.00. The lowest BCUT2D eigenvalue weighted by Gasteiger charge is -2.39. The van der Waals surface area contributed by atoms with Gasteiger partial charge in [-0.05, 0) is 57.1 Å². The second-order valence-electron chi connectivity index (χ2n) is 7.19. The molecule has 3 rings (SSSR count). The van der Waals surface area contributed by atoms with Gasteiger partial charge in [-0.1, -0.05) is 6.42 Å². The Bertz CT molecular complexity index is 689. The van der Waals surface area contributed by atoms with Gasteiger partial charge in [-0.15, -0.1) is 0 Å². The molecule has 1 atom stereocenters. The van der Waals surface area contributed by atoms with Gasteiger partial charge < -0.3 is 14.7 Å². The summed E-state index contributed by atoms with van der Waals surface area (Å²) in [6, 6.07) is 9.06. The first-order valence-corrected chi connectivity index (χ1v) is 9.41. The van der Waals surface area contributed by atoms with Crippen molar-refractivity contribution in [1.29, 1.82) is 5.26 Å². The van der Waals surface area contributed by atoms with E-state index in [1.54, 1.807) is 34.1 Å². The molecule has 0 aliphatic carbocycles. The molecule has 0 bridgehead atoms. The Balaban J connectivity index is 1.57. The van der Waals surface area contributed by atoms with Gasteiger partial charge in [0.05, 0.1) is 11.6 Å². The summed E-state index contributed by atoms with van der Waals surface area (Å²) in [5, 5.41) is 8.90. The summed E-state index contributed by atoms with van der Waals surface area (Å²) in [7, 11) is 0. The van der Waals surface area contributed by atoms with Gasteiger partial charge in [-0.3, -0.25) is 9.59 Å². The molecule has 1 aromatic carbocycles. The summed E-state index contributed by atoms with van der Waals surface area (Å²) in [5.74, 6) is -0.00460. The van der Waals surface area contributed by atoms with E-state index >= 15 is 0 Å². The van der Waals surface area contributed by atoms with Crippen molar-refractivity contribution in [2.75, 3.05) is 37.6 Å². The van der Waals surface area contributed by atoms with Crippen molar-refractivity contribution in [3.63, 3.8) is 0 Å². The number of piperidine rings is 1. The van der Waals surface area contributed by atoms with Gasteiger partial charge in [-0.2, -0.15) is 5.26 Å². The molecule has 2 fully saturated rings. The second-order valence-corrected chi connectivity index (χ2v) is 7.19. The van der Waals surface area contributed by atoms with Crippen molar-refractivity contribution >= 4 is 17.5 Å². The molecule has 6 heteroatoms. The van der Waals surface area contributed by atoms with Crippen LogP contribution in [0.5, 0.6) is 0 Å². The van der Waals surface area contributed by atoms with Gasteiger partial charge in [0.15, 0.2) is 0 Å². The van der Waals surface area contributed by atoms with Crippen molar-refractivity contribution in [3.05, 3.63) is 29.8 Å². The molecule has 26 heavy (non-hydrogen) atoms. The first kappa shape index (κ1) is 18.4. The number of nitriles is 1. The highest BCUT2D eigenvalue weighted by Gasteiger charge is 2.33. The lowest BCUT2D eigenvalue weighted by atomic mass is 10.1. The van der Waals surface area contributed by atoms with E-state index in [0.29, 0.717) is 18.5 Å². The minimum Gasteiger partial charge on any atom is -0.329 e. The van der Waals surface area contributed by atoms with Crippen LogP contribution in [-0.2, 0) is 9.59 Å². The number of hydrogen-bond acceptors (Lipinski definition) is 4. The zero-order valence-electron chi connectivity index (χ0n) is 15.4. The molecule has 0 radical (unpaired) electrons. The molecule has 0 spiro atoms. The summed E-state index contributed by atoms with van der Waals surface area (Å²) in [6.07, 6.45) is 4.19. The number of carbonyl (C=O) groups excluding carboxylic acids is 2. The Morgan fingerprint density at radius 2 is 1.88 bits per heavy atom. The zero-order chi connectivity index (χ0) is 18.5. The largest absolute Gasteiger partial charge is 0.329 e. The Kier molecular flexibility index (Phi) is 5.89. The van der Waals surface area contributed by atoms with Crippen LogP contribution in [0.2, 0.25) is 0 Å². The predicted molar refractivity (Wildman–Crippen MR) is 99.6 cm³/mol. The highest BCUT2D eigenvalue weighted by molar-refractivity contribution is 5.98. The van der Waals surface area contributed by atoms with E-state index in [1.807, 2.05) is 6.92 Å². The van der Waals surface area contributed by atoms with Crippen LogP contribution in [0, 0.1) is 11.3 Å². The number of likely N-dealkylation sites (tertiary alicyclic amines) is 1. The lowest BCUT2D eigenvalue weighted by molar-refractivity contribution is -0.139. The van der Waals surface area contributed by atoms with Crippen LogP contribution in [-0.4, -0.2) is 60.4 Å². The van der Waals surface area contributed by atoms with Gasteiger partial charge in [0.25, 0.3) is 0 Å². The number of piperazine rings is 1. The van der Waals surface area contributed by atoms with Gasteiger partial charge >= 0.3 is 0 Å². The summed E-state index contributed by atoms with van der Waals surface area (Å²) in [5.41, 5.74) is 1.35. The Morgan fingerprint density at radius 1 is 1.19 bits per heavy atom. The monoisotopic (exact) mass is 354 g/mol. The zero-order valence-corrected chi connectivity index (χ0v) is 15.4. The van der Waals surface area contributed by atoms with E-state index in [9.17, 15) is 9.59 Å². The van der Waals surface area contributed by atoms with Crippen LogP contribution in [0.15, 0.2) is 24.3 Å². The Morgan fingerprint density at radius 3 is 2.54 bits per heavy atom. The summed E-state index contributed by atoms with van der Waals surface area (Å²) >= 11 is 0. The SMILES string of the molecule is C[C@H]1CN(c2ccc(C#N)cc2)C(=O)CN1C(=O)CCN1CCCCC1. The van der Waals surface area contributed by atoms with Crippen LogP contribution in [0.25, 0.3) is 0 Å². The number of rotatable bonds is 4. The standard InChI is InChI=1S/C20H26N4O2/c1-16-14-24(18-7-5-17(13-21)6-8-18)20(26)15-23(16)19(25)9-12-22-10-3-2-4-11-22/h5-8,16H,2-4,9-12,14-15H2,1H3/t16-/m0/s1. The average molecular weight is 354 g/mol. The molecule has 2 heterocycles. The van der Waals surface area contributed by atoms with E-state index in [2.05, 4.69) is 11.0 Å². The molecule has 2 aliphatic heterocycles. The van der Waals surface area contributed by atoms with E-state index in [4.69, 9.17) is 5.26 Å². The fourth-order valence-electron chi connectivity index (χ4n) is 3.73. The number of hydrogen-bond donors (Lipinski definition) is 0. The number of anilines is 1. The molecule has 2 aliphatic rings. The molecule has 0 saturated carbocycles. The summed E-state index contributed by atoms with van der Waals surface area (Å²) < 4.78 is 0. The fourth-order valence-corrected chi connectivity index (χ4v) is 3.73. The molecular weight excluding hydrogens is 328 g/mol. The number of amides is 2. The topological polar surface area (TPSA) is 67.6 Å². The minimum atomic E-state index is -0.0702. The van der Waals surface area contributed by atoms with Crippen molar-refractivity contribution in [2.24, 2.45) is 0 Å². The van der Waals surface area contributed by atoms with Crippen molar-refractivity contribution < 1.29 is 9.59 Å². The maximum absolute atomic E-state index is 12.6. The third kappa shape index (κ3) is 4.23. The van der Waals surface area contributed by atoms with Gasteiger partial charge in [0, 0.05) is 31.2 Å². The fraction of sp³-hybridized carbons (Fsp3) is 0.550. The average Bonchev–Trinajstić information content (AvgIpc) is 2.68. The van der Waals surface area contributed by atoms with Gasteiger partial charge in [-0.25, -0.2) is 0 Å². The highest BCUT2D eigenvalue weighted by Crippen LogP contribution is 2.21. The molecule has 6 nitrogen and oxygen atoms in total. The molecule has 1 aromatic rings. The van der Waals surface area contributed by atoms with Gasteiger partial charge in [0.1, 0.15) is 6.54 Å². The molecule has 2 amide bonds. The van der Waals surface area contributed by atoms with Gasteiger partial charge in [0.2, 0.25) is 11.8 Å². The number of benzene rings is 1. The quantitative estimate of drug-likeness (QED) is 0.829. The first-order valence-electron chi connectivity index (χ1n) is 9.41. The third-order valence-corrected chi connectivity index (χ3v) is 5.30. The maximum atomic E-state index is 12.6. The third-order valence-electron chi connectivity index (χ3n) is 5.30. The lowest BCUT2D eigenvalue weighted by Crippen LogP contribution is -2.57. The van der Waals surface area contributed by atoms with Crippen molar-refractivity contribution in [3.8, 4) is 6.07 Å². The number of nitrogens with zero attached hydrogens (tertiary/aromatic N) is 4. The maximum Gasteiger partial charge on any atom is 0.246 e. The van der Waals surface area contributed by atoms with Crippen molar-refractivity contribution in [2.45, 2.75) is 38.6 Å². The highest BCUT2D eigenvalue weighted by atomic mass is 16.2. The molecule has 0 aromatic heterocycles. The number of carbonyl (C=O) groups is 2. The van der Waals surface area contributed by atoms with Crippen LogP contribution in [0.1, 0.15) is 38.2 Å². The molecular formula is C20H26N4O2. The van der Waals surface area contributed by atoms with Crippen molar-refractivity contribution in [1.82, 2.24) is 9.80 Å². The second kappa shape index (κ2) is 8.33. The van der Waals surface area contributed by atoms with Crippen LogP contribution < -0.4 is 4.90 Å². The van der Waals surface area contributed by atoms with E-state index in [-0.39, 0.29) is 24.4 Å². The van der Waals surface area contributed by atoms with E-state index in [0.717, 1.165) is 25.3 Å². The summed E-state index contributed by atoms with van der Waals surface area (Å²) in [4.78, 5) is 31.0. The molecule has 0 unspecified atom stereocenters. The Labute approximate surface area is 155 Å². The van der Waals surface area contributed by atoms with E-state index in [1.165, 1.54) is 19.3 Å².